The molecule has 0 atom stereocenters. The van der Waals surface area contributed by atoms with Crippen LogP contribution in [0.25, 0.3) is 6.08 Å². The number of nitrogens with two attached hydrogens (primary N) is 1. The minimum atomic E-state index is -0.723. The lowest BCUT2D eigenvalue weighted by Crippen LogP contribution is -2.36. The fraction of sp³-hybridized carbons (Fsp3) is 0.214. The number of hydrogen-bond donors (Lipinski definition) is 1. The summed E-state index contributed by atoms with van der Waals surface area (Å²) in [6.07, 6.45) is 1.63. The Labute approximate surface area is 164 Å². The van der Waals surface area contributed by atoms with E-state index in [1.165, 1.54) is 0 Å². The normalized spacial score (nSPS) is 16.3. The van der Waals surface area contributed by atoms with E-state index in [2.05, 4.69) is 45.2 Å². The highest BCUT2D eigenvalue weighted by atomic mass is 127. The summed E-state index contributed by atoms with van der Waals surface area (Å²) in [5, 5.41) is -0.490. The molecule has 0 saturated carbocycles. The molecule has 0 spiro atoms. The zero-order chi connectivity index (χ0) is 17.1. The molecule has 1 aliphatic rings. The zero-order valence-electron chi connectivity index (χ0n) is 12.0. The molecule has 1 saturated heterocycles. The van der Waals surface area contributed by atoms with Gasteiger partial charge >= 0.3 is 0 Å². The molecule has 2 N–H and O–H groups in total. The standard InChI is InChI=1S/C14H12I2N2O4S/c1-2-22-12-8(15)3-7(4-9(12)16)5-10-13(20)18(6-11(17)19)14(21)23-10/h3-5H,2,6H2,1H3,(H2,17,19)/b10-5-. The molecule has 1 heterocycles. The summed E-state index contributed by atoms with van der Waals surface area (Å²) >= 11 is 5.12. The molecule has 6 nitrogen and oxygen atoms in total. The summed E-state index contributed by atoms with van der Waals surface area (Å²) in [6, 6.07) is 3.74. The molecule has 3 amide bonds. The van der Waals surface area contributed by atoms with Crippen LogP contribution in [0.15, 0.2) is 17.0 Å². The predicted molar refractivity (Wildman–Crippen MR) is 105 cm³/mol. The summed E-state index contributed by atoms with van der Waals surface area (Å²) in [4.78, 5) is 36.0. The highest BCUT2D eigenvalue weighted by Gasteiger charge is 2.35. The van der Waals surface area contributed by atoms with Crippen LogP contribution in [0.1, 0.15) is 12.5 Å². The Kier molecular flexibility index (Phi) is 6.31. The molecule has 23 heavy (non-hydrogen) atoms. The maximum Gasteiger partial charge on any atom is 0.294 e. The minimum absolute atomic E-state index is 0.270. The Hall–Kier alpha value is -0.820. The zero-order valence-corrected chi connectivity index (χ0v) is 17.1. The van der Waals surface area contributed by atoms with E-state index in [9.17, 15) is 14.4 Å². The number of nitrogens with zero attached hydrogens (tertiary/aromatic N) is 1. The van der Waals surface area contributed by atoms with E-state index in [4.69, 9.17) is 10.5 Å². The van der Waals surface area contributed by atoms with E-state index in [0.717, 1.165) is 35.1 Å². The molecule has 1 aliphatic heterocycles. The van der Waals surface area contributed by atoms with Crippen molar-refractivity contribution in [2.75, 3.05) is 13.2 Å². The largest absolute Gasteiger partial charge is 0.492 e. The van der Waals surface area contributed by atoms with Crippen molar-refractivity contribution in [3.63, 3.8) is 0 Å². The number of amides is 3. The van der Waals surface area contributed by atoms with Gasteiger partial charge in [0.2, 0.25) is 5.91 Å². The van der Waals surface area contributed by atoms with Gasteiger partial charge < -0.3 is 10.5 Å². The van der Waals surface area contributed by atoms with Crippen LogP contribution in [0.3, 0.4) is 0 Å². The summed E-state index contributed by atoms with van der Waals surface area (Å²) < 4.78 is 7.40. The van der Waals surface area contributed by atoms with Crippen molar-refractivity contribution >= 4 is 80.1 Å². The van der Waals surface area contributed by atoms with Crippen molar-refractivity contribution in [2.45, 2.75) is 6.92 Å². The second-order valence-corrected chi connectivity index (χ2v) is 7.80. The first-order valence-corrected chi connectivity index (χ1v) is 9.46. The van der Waals surface area contributed by atoms with Gasteiger partial charge in [0.25, 0.3) is 11.1 Å². The maximum absolute atomic E-state index is 12.2. The van der Waals surface area contributed by atoms with E-state index in [-0.39, 0.29) is 4.91 Å². The fourth-order valence-electron chi connectivity index (χ4n) is 1.89. The van der Waals surface area contributed by atoms with E-state index in [1.807, 2.05) is 19.1 Å². The van der Waals surface area contributed by atoms with Gasteiger partial charge in [-0.05, 0) is 87.6 Å². The maximum atomic E-state index is 12.2. The quantitative estimate of drug-likeness (QED) is 0.444. The molecule has 0 aliphatic carbocycles. The number of benzene rings is 1. The van der Waals surface area contributed by atoms with Crippen molar-refractivity contribution in [2.24, 2.45) is 5.73 Å². The number of imide groups is 1. The third kappa shape index (κ3) is 4.38. The monoisotopic (exact) mass is 558 g/mol. The molecule has 1 aromatic rings. The highest BCUT2D eigenvalue weighted by molar-refractivity contribution is 14.1. The second-order valence-electron chi connectivity index (χ2n) is 4.48. The molecule has 0 unspecified atom stereocenters. The SMILES string of the molecule is CCOc1c(I)cc(/C=C2\SC(=O)N(CC(N)=O)C2=O)cc1I. The van der Waals surface area contributed by atoms with Crippen LogP contribution in [0, 0.1) is 7.14 Å². The Balaban J connectivity index is 2.31. The number of thioether (sulfide) groups is 1. The number of primary amides is 1. The van der Waals surface area contributed by atoms with Crippen LogP contribution in [0.4, 0.5) is 4.79 Å². The minimum Gasteiger partial charge on any atom is -0.492 e. The third-order valence-corrected chi connectivity index (χ3v) is 5.30. The lowest BCUT2D eigenvalue weighted by molar-refractivity contribution is -0.127. The Bertz CT molecular complexity index is 698. The van der Waals surface area contributed by atoms with Crippen molar-refractivity contribution < 1.29 is 19.1 Å². The topological polar surface area (TPSA) is 89.7 Å². The number of rotatable bonds is 5. The average Bonchev–Trinajstić information content (AvgIpc) is 2.70. The number of halogens is 2. The Morgan fingerprint density at radius 2 is 1.96 bits per heavy atom. The second kappa shape index (κ2) is 7.83. The van der Waals surface area contributed by atoms with Crippen molar-refractivity contribution in [1.82, 2.24) is 4.90 Å². The Morgan fingerprint density at radius 3 is 2.48 bits per heavy atom. The fourth-order valence-corrected chi connectivity index (χ4v) is 4.85. The third-order valence-electron chi connectivity index (χ3n) is 2.79. The number of ether oxygens (including phenoxy) is 1. The number of carbonyl (C=O) groups is 3. The van der Waals surface area contributed by atoms with Crippen LogP contribution in [-0.2, 0) is 9.59 Å². The molecule has 9 heteroatoms. The van der Waals surface area contributed by atoms with E-state index >= 15 is 0 Å². The van der Waals surface area contributed by atoms with Gasteiger partial charge in [0, 0.05) is 0 Å². The molecule has 0 radical (unpaired) electrons. The lowest BCUT2D eigenvalue weighted by atomic mass is 10.2. The first-order chi connectivity index (χ1) is 10.8. The van der Waals surface area contributed by atoms with E-state index in [1.54, 1.807) is 6.08 Å². The van der Waals surface area contributed by atoms with Crippen LogP contribution in [0.5, 0.6) is 5.75 Å². The van der Waals surface area contributed by atoms with Gasteiger partial charge in [0.1, 0.15) is 12.3 Å². The number of carbonyl (C=O) groups excluding carboxylic acids is 3. The van der Waals surface area contributed by atoms with Crippen molar-refractivity contribution in [1.29, 1.82) is 0 Å². The number of hydrogen-bond acceptors (Lipinski definition) is 5. The lowest BCUT2D eigenvalue weighted by Gasteiger charge is -2.10. The average molecular weight is 558 g/mol. The first kappa shape index (κ1) is 18.5. The molecule has 0 aromatic heterocycles. The Morgan fingerprint density at radius 1 is 1.35 bits per heavy atom. The molecule has 0 bridgehead atoms. The van der Waals surface area contributed by atoms with Crippen LogP contribution in [-0.4, -0.2) is 35.1 Å². The van der Waals surface area contributed by atoms with Crippen molar-refractivity contribution in [3.05, 3.63) is 29.7 Å². The summed E-state index contributed by atoms with van der Waals surface area (Å²) in [5.74, 6) is -0.427. The van der Waals surface area contributed by atoms with Gasteiger partial charge in [0.15, 0.2) is 0 Å². The molecule has 1 aromatic carbocycles. The molecule has 1 fully saturated rings. The van der Waals surface area contributed by atoms with Gasteiger partial charge in [-0.2, -0.15) is 0 Å². The van der Waals surface area contributed by atoms with Gasteiger partial charge in [-0.1, -0.05) is 0 Å². The van der Waals surface area contributed by atoms with Gasteiger partial charge in [-0.3, -0.25) is 19.3 Å². The summed E-state index contributed by atoms with van der Waals surface area (Å²) in [6.45, 7) is 2.08. The molecule has 2 rings (SSSR count). The van der Waals surface area contributed by atoms with Crippen LogP contribution >= 0.6 is 56.9 Å². The van der Waals surface area contributed by atoms with E-state index < -0.39 is 23.6 Å². The van der Waals surface area contributed by atoms with Crippen LogP contribution < -0.4 is 10.5 Å². The summed E-state index contributed by atoms with van der Waals surface area (Å²) in [7, 11) is 0. The van der Waals surface area contributed by atoms with Crippen LogP contribution in [0.2, 0.25) is 0 Å². The van der Waals surface area contributed by atoms with Crippen molar-refractivity contribution in [3.8, 4) is 5.75 Å². The predicted octanol–water partition coefficient (Wildman–Crippen LogP) is 2.82. The van der Waals surface area contributed by atoms with E-state index in [0.29, 0.717) is 6.61 Å². The molecule has 122 valence electrons. The summed E-state index contributed by atoms with van der Waals surface area (Å²) in [5.41, 5.74) is 5.83. The first-order valence-electron chi connectivity index (χ1n) is 6.49. The van der Waals surface area contributed by atoms with Gasteiger partial charge in [-0.15, -0.1) is 0 Å². The van der Waals surface area contributed by atoms with Gasteiger partial charge in [0.05, 0.1) is 18.7 Å². The highest BCUT2D eigenvalue weighted by Crippen LogP contribution is 2.34. The molecular formula is C14H12I2N2O4S. The smallest absolute Gasteiger partial charge is 0.294 e. The van der Waals surface area contributed by atoms with Gasteiger partial charge in [-0.25, -0.2) is 0 Å². The molecular weight excluding hydrogens is 546 g/mol.